The van der Waals surface area contributed by atoms with Crippen molar-refractivity contribution in [3.8, 4) is 0 Å². The van der Waals surface area contributed by atoms with Gasteiger partial charge >= 0.3 is 0 Å². The van der Waals surface area contributed by atoms with Crippen LogP contribution in [0.4, 0.5) is 0 Å². The van der Waals surface area contributed by atoms with Crippen LogP contribution in [0.15, 0.2) is 59.5 Å². The van der Waals surface area contributed by atoms with Crippen LogP contribution in [0, 0.1) is 18.8 Å². The Morgan fingerprint density at radius 2 is 1.73 bits per heavy atom. The van der Waals surface area contributed by atoms with Crippen molar-refractivity contribution in [1.29, 1.82) is 0 Å². The van der Waals surface area contributed by atoms with Gasteiger partial charge in [-0.05, 0) is 30.5 Å². The molecule has 0 aromatic heterocycles. The Bertz CT molecular complexity index is 866. The number of carbonyl (C=O) groups excluding carboxylic acids is 1. The smallest absolute Gasteiger partial charge is 0.227 e. The first kappa shape index (κ1) is 19.1. The van der Waals surface area contributed by atoms with Crippen molar-refractivity contribution in [2.75, 3.05) is 17.6 Å². The van der Waals surface area contributed by atoms with Crippen LogP contribution >= 0.6 is 15.9 Å². The molecule has 2 aromatic carbocycles. The van der Waals surface area contributed by atoms with Crippen molar-refractivity contribution in [3.05, 3.63) is 65.7 Å². The number of rotatable bonds is 6. The second-order valence-corrected chi connectivity index (χ2v) is 9.50. The largest absolute Gasteiger partial charge is 0.338 e. The summed E-state index contributed by atoms with van der Waals surface area (Å²) < 4.78 is 25.6. The standard InChI is InChI=1S/C20H22BrNO3S/c1-15-7-9-18(10-8-15)26(24,25)14-19-17(11-21)13-22(20(19)23)12-16-5-3-2-4-6-16/h2-10,17,19H,11-14H2,1H3/t17-,19-/m0/s1. The fraction of sp³-hybridized carbons (Fsp3) is 0.350. The minimum Gasteiger partial charge on any atom is -0.338 e. The number of amides is 1. The number of hydrogen-bond donors (Lipinski definition) is 0. The van der Waals surface area contributed by atoms with Gasteiger partial charge in [0.15, 0.2) is 9.84 Å². The summed E-state index contributed by atoms with van der Waals surface area (Å²) in [5, 5.41) is 0.609. The number of sulfone groups is 1. The topological polar surface area (TPSA) is 54.5 Å². The highest BCUT2D eigenvalue weighted by molar-refractivity contribution is 9.09. The predicted molar refractivity (Wildman–Crippen MR) is 106 cm³/mol. The summed E-state index contributed by atoms with van der Waals surface area (Å²) in [6.07, 6.45) is 0. The van der Waals surface area contributed by atoms with Gasteiger partial charge in [0.1, 0.15) is 0 Å². The fourth-order valence-electron chi connectivity index (χ4n) is 3.32. The van der Waals surface area contributed by atoms with Crippen LogP contribution in [0.25, 0.3) is 0 Å². The average Bonchev–Trinajstić information content (AvgIpc) is 2.91. The van der Waals surface area contributed by atoms with Crippen molar-refractivity contribution in [3.63, 3.8) is 0 Å². The van der Waals surface area contributed by atoms with E-state index >= 15 is 0 Å². The molecular weight excluding hydrogens is 414 g/mol. The molecule has 2 atom stereocenters. The van der Waals surface area contributed by atoms with Crippen molar-refractivity contribution >= 4 is 31.7 Å². The number of hydrogen-bond acceptors (Lipinski definition) is 3. The Morgan fingerprint density at radius 1 is 1.08 bits per heavy atom. The van der Waals surface area contributed by atoms with Gasteiger partial charge in [0, 0.05) is 18.4 Å². The second kappa shape index (κ2) is 7.92. The summed E-state index contributed by atoms with van der Waals surface area (Å²) in [5.74, 6) is -0.735. The van der Waals surface area contributed by atoms with Gasteiger partial charge in [0.2, 0.25) is 5.91 Å². The first-order valence-corrected chi connectivity index (χ1v) is 11.4. The molecule has 0 spiro atoms. The van der Waals surface area contributed by atoms with Gasteiger partial charge in [-0.2, -0.15) is 0 Å². The van der Waals surface area contributed by atoms with Crippen molar-refractivity contribution < 1.29 is 13.2 Å². The quantitative estimate of drug-likeness (QED) is 0.652. The van der Waals surface area contributed by atoms with Gasteiger partial charge in [-0.1, -0.05) is 64.0 Å². The average molecular weight is 436 g/mol. The van der Waals surface area contributed by atoms with E-state index < -0.39 is 15.8 Å². The minimum atomic E-state index is -3.50. The molecule has 2 aromatic rings. The highest BCUT2D eigenvalue weighted by Gasteiger charge is 2.42. The van der Waals surface area contributed by atoms with Gasteiger partial charge in [0.25, 0.3) is 0 Å². The van der Waals surface area contributed by atoms with Crippen molar-refractivity contribution in [1.82, 2.24) is 4.90 Å². The van der Waals surface area contributed by atoms with Crippen LogP contribution in [-0.4, -0.2) is 36.9 Å². The molecule has 0 aliphatic carbocycles. The Balaban J connectivity index is 1.77. The van der Waals surface area contributed by atoms with Gasteiger partial charge < -0.3 is 4.90 Å². The lowest BCUT2D eigenvalue weighted by Gasteiger charge is -2.17. The molecule has 1 amide bonds. The second-order valence-electron chi connectivity index (χ2n) is 6.82. The van der Waals surface area contributed by atoms with Gasteiger partial charge in [-0.3, -0.25) is 4.79 Å². The van der Waals surface area contributed by atoms with E-state index in [0.29, 0.717) is 18.4 Å². The molecular formula is C20H22BrNO3S. The van der Waals surface area contributed by atoms with E-state index in [-0.39, 0.29) is 22.5 Å². The monoisotopic (exact) mass is 435 g/mol. The summed E-state index contributed by atoms with van der Waals surface area (Å²) in [6, 6.07) is 16.6. The number of benzene rings is 2. The molecule has 138 valence electrons. The molecule has 0 N–H and O–H groups in total. The number of alkyl halides is 1. The Hall–Kier alpha value is -1.66. The van der Waals surface area contributed by atoms with E-state index in [1.165, 1.54) is 0 Å². The molecule has 1 aliphatic rings. The lowest BCUT2D eigenvalue weighted by Crippen LogP contribution is -2.30. The molecule has 4 nitrogen and oxygen atoms in total. The molecule has 0 saturated carbocycles. The zero-order valence-corrected chi connectivity index (χ0v) is 17.0. The molecule has 1 heterocycles. The third-order valence-electron chi connectivity index (χ3n) is 4.85. The van der Waals surface area contributed by atoms with E-state index in [0.717, 1.165) is 11.1 Å². The zero-order valence-electron chi connectivity index (χ0n) is 14.6. The number of nitrogens with zero attached hydrogens (tertiary/aromatic N) is 1. The summed E-state index contributed by atoms with van der Waals surface area (Å²) in [5.41, 5.74) is 2.06. The first-order chi connectivity index (χ1) is 12.4. The highest BCUT2D eigenvalue weighted by Crippen LogP contribution is 2.30. The summed E-state index contributed by atoms with van der Waals surface area (Å²) in [4.78, 5) is 14.9. The molecule has 0 unspecified atom stereocenters. The number of halogens is 1. The molecule has 3 rings (SSSR count). The van der Waals surface area contributed by atoms with E-state index in [1.54, 1.807) is 29.2 Å². The third-order valence-corrected chi connectivity index (χ3v) is 7.47. The first-order valence-electron chi connectivity index (χ1n) is 8.59. The van der Waals surface area contributed by atoms with Gasteiger partial charge in [-0.15, -0.1) is 0 Å². The normalized spacial score (nSPS) is 20.5. The van der Waals surface area contributed by atoms with Crippen LogP contribution in [0.5, 0.6) is 0 Å². The van der Waals surface area contributed by atoms with Gasteiger partial charge in [-0.25, -0.2) is 8.42 Å². The molecule has 6 heteroatoms. The summed E-state index contributed by atoms with van der Waals surface area (Å²) >= 11 is 3.46. The third kappa shape index (κ3) is 4.18. The number of carbonyl (C=O) groups is 1. The maximum Gasteiger partial charge on any atom is 0.227 e. The fourth-order valence-corrected chi connectivity index (χ4v) is 5.61. The zero-order chi connectivity index (χ0) is 18.7. The number of likely N-dealkylation sites (tertiary alicyclic amines) is 1. The molecule has 1 aliphatic heterocycles. The highest BCUT2D eigenvalue weighted by atomic mass is 79.9. The molecule has 1 saturated heterocycles. The SMILES string of the molecule is Cc1ccc(S(=O)(=O)C[C@@H]2C(=O)N(Cc3ccccc3)C[C@@H]2CBr)cc1. The van der Waals surface area contributed by atoms with E-state index in [1.807, 2.05) is 37.3 Å². The van der Waals surface area contributed by atoms with Crippen LogP contribution in [0.3, 0.4) is 0 Å². The van der Waals surface area contributed by atoms with Crippen molar-refractivity contribution in [2.24, 2.45) is 11.8 Å². The molecule has 0 radical (unpaired) electrons. The summed E-state index contributed by atoms with van der Waals surface area (Å²) in [7, 11) is -3.50. The van der Waals surface area contributed by atoms with E-state index in [9.17, 15) is 13.2 Å². The minimum absolute atomic E-state index is 0.00793. The van der Waals surface area contributed by atoms with E-state index in [2.05, 4.69) is 15.9 Å². The lowest BCUT2D eigenvalue weighted by atomic mass is 10.00. The Kier molecular flexibility index (Phi) is 5.82. The maximum absolute atomic E-state index is 12.9. The lowest BCUT2D eigenvalue weighted by molar-refractivity contribution is -0.131. The van der Waals surface area contributed by atoms with Crippen LogP contribution in [0.1, 0.15) is 11.1 Å². The number of aryl methyl sites for hydroxylation is 1. The molecule has 26 heavy (non-hydrogen) atoms. The maximum atomic E-state index is 12.9. The van der Waals surface area contributed by atoms with Gasteiger partial charge in [0.05, 0.1) is 16.6 Å². The summed E-state index contributed by atoms with van der Waals surface area (Å²) in [6.45, 7) is 3.01. The predicted octanol–water partition coefficient (Wildman–Crippen LogP) is 3.44. The molecule has 1 fully saturated rings. The van der Waals surface area contributed by atoms with E-state index in [4.69, 9.17) is 0 Å². The van der Waals surface area contributed by atoms with Crippen LogP contribution in [-0.2, 0) is 21.2 Å². The van der Waals surface area contributed by atoms with Crippen LogP contribution in [0.2, 0.25) is 0 Å². The Morgan fingerprint density at radius 3 is 2.35 bits per heavy atom. The molecule has 0 bridgehead atoms. The Labute approximate surface area is 163 Å². The van der Waals surface area contributed by atoms with Crippen LogP contribution < -0.4 is 0 Å². The van der Waals surface area contributed by atoms with Crippen molar-refractivity contribution in [2.45, 2.75) is 18.4 Å².